The highest BCUT2D eigenvalue weighted by atomic mass is 35.5. The number of hydrogen-bond acceptors (Lipinski definition) is 2. The molecule has 0 aliphatic rings. The van der Waals surface area contributed by atoms with Gasteiger partial charge < -0.3 is 10.2 Å². The summed E-state index contributed by atoms with van der Waals surface area (Å²) >= 11 is 6.43. The maximum Gasteiger partial charge on any atom is 0.0642 e. The topological polar surface area (TPSA) is 15.3 Å². The molecule has 1 unspecified atom stereocenters. The average molecular weight is 283 g/mol. The average Bonchev–Trinajstić information content (AvgIpc) is 2.33. The van der Waals surface area contributed by atoms with Gasteiger partial charge in [-0.05, 0) is 36.6 Å². The Bertz CT molecular complexity index is 410. The summed E-state index contributed by atoms with van der Waals surface area (Å²) in [5.74, 6) is 0. The fourth-order valence-corrected chi connectivity index (χ4v) is 2.34. The van der Waals surface area contributed by atoms with Crippen molar-refractivity contribution >= 4 is 17.3 Å². The molecule has 0 aliphatic carbocycles. The first kappa shape index (κ1) is 16.3. The van der Waals surface area contributed by atoms with Gasteiger partial charge in [-0.25, -0.2) is 0 Å². The van der Waals surface area contributed by atoms with E-state index >= 15 is 0 Å². The van der Waals surface area contributed by atoms with Crippen molar-refractivity contribution in [1.29, 1.82) is 0 Å². The first-order valence-corrected chi connectivity index (χ1v) is 7.37. The van der Waals surface area contributed by atoms with Crippen LogP contribution < -0.4 is 10.2 Å². The Hall–Kier alpha value is -0.730. The normalized spacial score (nSPS) is 13.4. The summed E-state index contributed by atoms with van der Waals surface area (Å²) in [4.78, 5) is 2.26. The van der Waals surface area contributed by atoms with Gasteiger partial charge in [-0.15, -0.1) is 0 Å². The van der Waals surface area contributed by atoms with Gasteiger partial charge in [0, 0.05) is 19.6 Å². The molecule has 2 nitrogen and oxygen atoms in total. The highest BCUT2D eigenvalue weighted by Crippen LogP contribution is 2.32. The first-order chi connectivity index (χ1) is 8.77. The molecule has 0 heterocycles. The minimum atomic E-state index is 0.223. The summed E-state index contributed by atoms with van der Waals surface area (Å²) in [5.41, 5.74) is 2.55. The third-order valence-corrected chi connectivity index (χ3v) is 4.11. The molecule has 1 aromatic carbocycles. The van der Waals surface area contributed by atoms with E-state index in [0.29, 0.717) is 6.04 Å². The number of halogens is 1. The van der Waals surface area contributed by atoms with Crippen molar-refractivity contribution in [2.24, 2.45) is 5.41 Å². The summed E-state index contributed by atoms with van der Waals surface area (Å²) in [6.07, 6.45) is 0. The molecule has 1 atom stereocenters. The highest BCUT2D eigenvalue weighted by molar-refractivity contribution is 6.33. The van der Waals surface area contributed by atoms with Crippen molar-refractivity contribution in [2.75, 3.05) is 18.5 Å². The second-order valence-electron chi connectivity index (χ2n) is 6.22. The lowest BCUT2D eigenvalue weighted by Gasteiger charge is -2.37. The van der Waals surface area contributed by atoms with Gasteiger partial charge in [0.25, 0.3) is 0 Å². The van der Waals surface area contributed by atoms with E-state index in [0.717, 1.165) is 23.8 Å². The standard InChI is InChI=1S/C16H27ClN2/c1-7-18-11-13-8-9-15(14(17)10-13)19(6)12(2)16(3,4)5/h8-10,12,18H,7,11H2,1-6H3. The highest BCUT2D eigenvalue weighted by Gasteiger charge is 2.25. The SMILES string of the molecule is CCNCc1ccc(N(C)C(C)C(C)(C)C)c(Cl)c1. The van der Waals surface area contributed by atoms with Gasteiger partial charge in [0.2, 0.25) is 0 Å². The number of benzene rings is 1. The predicted molar refractivity (Wildman–Crippen MR) is 86.2 cm³/mol. The Labute approximate surface area is 123 Å². The van der Waals surface area contributed by atoms with E-state index in [4.69, 9.17) is 11.6 Å². The minimum absolute atomic E-state index is 0.223. The van der Waals surface area contributed by atoms with Crippen molar-refractivity contribution < 1.29 is 0 Å². The Balaban J connectivity index is 2.90. The summed E-state index contributed by atoms with van der Waals surface area (Å²) < 4.78 is 0. The molecule has 1 aromatic rings. The lowest BCUT2D eigenvalue weighted by Crippen LogP contribution is -2.39. The summed E-state index contributed by atoms with van der Waals surface area (Å²) in [6, 6.07) is 6.75. The van der Waals surface area contributed by atoms with Crippen LogP contribution in [0.15, 0.2) is 18.2 Å². The first-order valence-electron chi connectivity index (χ1n) is 6.99. The second-order valence-corrected chi connectivity index (χ2v) is 6.63. The molecule has 0 amide bonds. The molecule has 19 heavy (non-hydrogen) atoms. The van der Waals surface area contributed by atoms with Crippen LogP contribution >= 0.6 is 11.6 Å². The van der Waals surface area contributed by atoms with Crippen molar-refractivity contribution in [3.8, 4) is 0 Å². The Kier molecular flexibility index (Phi) is 5.69. The molecule has 3 heteroatoms. The van der Waals surface area contributed by atoms with Crippen molar-refractivity contribution in [3.63, 3.8) is 0 Å². The van der Waals surface area contributed by atoms with Gasteiger partial charge in [0.1, 0.15) is 0 Å². The van der Waals surface area contributed by atoms with E-state index in [9.17, 15) is 0 Å². The molecule has 0 spiro atoms. The molecule has 0 fully saturated rings. The number of nitrogens with one attached hydrogen (secondary N) is 1. The largest absolute Gasteiger partial charge is 0.370 e. The lowest BCUT2D eigenvalue weighted by molar-refractivity contribution is 0.330. The third-order valence-electron chi connectivity index (χ3n) is 3.81. The molecule has 0 saturated heterocycles. The number of hydrogen-bond donors (Lipinski definition) is 1. The van der Waals surface area contributed by atoms with E-state index < -0.39 is 0 Å². The van der Waals surface area contributed by atoms with Crippen molar-refractivity contribution in [2.45, 2.75) is 47.2 Å². The Morgan fingerprint density at radius 1 is 1.32 bits per heavy atom. The van der Waals surface area contributed by atoms with E-state index in [1.165, 1.54) is 5.56 Å². The zero-order chi connectivity index (χ0) is 14.6. The van der Waals surface area contributed by atoms with Crippen molar-refractivity contribution in [3.05, 3.63) is 28.8 Å². The van der Waals surface area contributed by atoms with Crippen LogP contribution in [0.25, 0.3) is 0 Å². The third kappa shape index (κ3) is 4.39. The molecule has 0 bridgehead atoms. The van der Waals surface area contributed by atoms with Crippen LogP contribution in [0.1, 0.15) is 40.2 Å². The molecular weight excluding hydrogens is 256 g/mol. The minimum Gasteiger partial charge on any atom is -0.370 e. The van der Waals surface area contributed by atoms with Crippen LogP contribution in [0.4, 0.5) is 5.69 Å². The maximum absolute atomic E-state index is 6.43. The van der Waals surface area contributed by atoms with Crippen LogP contribution in [0.3, 0.4) is 0 Å². The zero-order valence-corrected chi connectivity index (χ0v) is 13.8. The van der Waals surface area contributed by atoms with Crippen LogP contribution in [-0.2, 0) is 6.54 Å². The molecule has 0 aliphatic heterocycles. The number of anilines is 1. The molecular formula is C16H27ClN2. The summed E-state index contributed by atoms with van der Waals surface area (Å²) in [5, 5.41) is 4.14. The molecule has 1 N–H and O–H groups in total. The fourth-order valence-electron chi connectivity index (χ4n) is 2.01. The van der Waals surface area contributed by atoms with Crippen LogP contribution in [0, 0.1) is 5.41 Å². The van der Waals surface area contributed by atoms with Gasteiger partial charge in [-0.2, -0.15) is 0 Å². The van der Waals surface area contributed by atoms with Gasteiger partial charge in [0.05, 0.1) is 10.7 Å². The Morgan fingerprint density at radius 2 is 1.95 bits per heavy atom. The quantitative estimate of drug-likeness (QED) is 0.865. The van der Waals surface area contributed by atoms with E-state index in [1.54, 1.807) is 0 Å². The van der Waals surface area contributed by atoms with E-state index in [-0.39, 0.29) is 5.41 Å². The van der Waals surface area contributed by atoms with E-state index in [2.05, 4.69) is 70.1 Å². The zero-order valence-electron chi connectivity index (χ0n) is 13.0. The Morgan fingerprint density at radius 3 is 2.42 bits per heavy atom. The van der Waals surface area contributed by atoms with Crippen LogP contribution in [-0.4, -0.2) is 19.6 Å². The number of nitrogens with zero attached hydrogens (tertiary/aromatic N) is 1. The van der Waals surface area contributed by atoms with Crippen molar-refractivity contribution in [1.82, 2.24) is 5.32 Å². The van der Waals surface area contributed by atoms with Crippen LogP contribution in [0.2, 0.25) is 5.02 Å². The maximum atomic E-state index is 6.43. The summed E-state index contributed by atoms with van der Waals surface area (Å²) in [6.45, 7) is 12.9. The summed E-state index contributed by atoms with van der Waals surface area (Å²) in [7, 11) is 2.11. The number of rotatable bonds is 5. The molecule has 0 saturated carbocycles. The smallest absolute Gasteiger partial charge is 0.0642 e. The second kappa shape index (κ2) is 6.62. The van der Waals surface area contributed by atoms with E-state index in [1.807, 2.05) is 0 Å². The lowest BCUT2D eigenvalue weighted by atomic mass is 9.87. The van der Waals surface area contributed by atoms with Crippen LogP contribution in [0.5, 0.6) is 0 Å². The monoisotopic (exact) mass is 282 g/mol. The van der Waals surface area contributed by atoms with Gasteiger partial charge in [0.15, 0.2) is 0 Å². The molecule has 0 radical (unpaired) electrons. The molecule has 108 valence electrons. The molecule has 1 rings (SSSR count). The fraction of sp³-hybridized carbons (Fsp3) is 0.625. The molecule has 0 aromatic heterocycles. The predicted octanol–water partition coefficient (Wildman–Crippen LogP) is 4.32. The van der Waals surface area contributed by atoms with Gasteiger partial charge in [-0.1, -0.05) is 45.4 Å². The van der Waals surface area contributed by atoms with Gasteiger partial charge in [-0.3, -0.25) is 0 Å². The van der Waals surface area contributed by atoms with Gasteiger partial charge >= 0.3 is 0 Å².